The number of hydrogen-bond acceptors (Lipinski definition) is 4. The van der Waals surface area contributed by atoms with E-state index in [4.69, 9.17) is 17.3 Å². The molecule has 1 saturated heterocycles. The number of amides is 1. The summed E-state index contributed by atoms with van der Waals surface area (Å²) in [6.07, 6.45) is 2.70. The largest absolute Gasteiger partial charge is 0.334 e. The highest BCUT2D eigenvalue weighted by Crippen LogP contribution is 2.27. The first-order valence-electron chi connectivity index (χ1n) is 6.92. The van der Waals surface area contributed by atoms with Gasteiger partial charge >= 0.3 is 0 Å². The zero-order valence-corrected chi connectivity index (χ0v) is 12.5. The van der Waals surface area contributed by atoms with Crippen molar-refractivity contribution in [3.63, 3.8) is 0 Å². The molecule has 2 unspecified atom stereocenters. The lowest BCUT2D eigenvalue weighted by molar-refractivity contribution is -0.385. The van der Waals surface area contributed by atoms with E-state index in [1.54, 1.807) is 4.90 Å². The van der Waals surface area contributed by atoms with Gasteiger partial charge in [-0.2, -0.15) is 0 Å². The molecule has 1 aromatic carbocycles. The van der Waals surface area contributed by atoms with Crippen LogP contribution in [0.2, 0.25) is 5.02 Å². The van der Waals surface area contributed by atoms with Gasteiger partial charge in [0.1, 0.15) is 5.56 Å². The van der Waals surface area contributed by atoms with E-state index in [1.165, 1.54) is 18.2 Å². The van der Waals surface area contributed by atoms with Crippen molar-refractivity contribution < 1.29 is 9.72 Å². The molecule has 0 radical (unpaired) electrons. The Kier molecular flexibility index (Phi) is 4.80. The Bertz CT molecular complexity index is 562. The Labute approximate surface area is 128 Å². The summed E-state index contributed by atoms with van der Waals surface area (Å²) in [5, 5.41) is 11.4. The molecule has 21 heavy (non-hydrogen) atoms. The molecular weight excluding hydrogens is 294 g/mol. The summed E-state index contributed by atoms with van der Waals surface area (Å²) in [4.78, 5) is 24.9. The molecule has 1 amide bonds. The number of benzene rings is 1. The number of rotatable bonds is 3. The normalized spacial score (nSPS) is 20.1. The Morgan fingerprint density at radius 3 is 2.86 bits per heavy atom. The van der Waals surface area contributed by atoms with Crippen LogP contribution in [-0.4, -0.2) is 34.4 Å². The van der Waals surface area contributed by atoms with Gasteiger partial charge in [-0.05, 0) is 38.3 Å². The van der Waals surface area contributed by atoms with Crippen molar-refractivity contribution in [2.24, 2.45) is 5.73 Å². The van der Waals surface area contributed by atoms with Crippen LogP contribution in [0.4, 0.5) is 5.69 Å². The quantitative estimate of drug-likeness (QED) is 0.686. The van der Waals surface area contributed by atoms with Crippen LogP contribution < -0.4 is 5.73 Å². The maximum atomic E-state index is 12.7. The fourth-order valence-corrected chi connectivity index (χ4v) is 2.92. The molecule has 2 atom stereocenters. The molecule has 2 rings (SSSR count). The molecule has 1 heterocycles. The topological polar surface area (TPSA) is 89.5 Å². The van der Waals surface area contributed by atoms with E-state index in [0.29, 0.717) is 11.6 Å². The number of halogens is 1. The molecule has 1 aromatic rings. The zero-order chi connectivity index (χ0) is 15.6. The first kappa shape index (κ1) is 15.7. The number of hydrogen-bond donors (Lipinski definition) is 1. The van der Waals surface area contributed by atoms with E-state index >= 15 is 0 Å². The summed E-state index contributed by atoms with van der Waals surface area (Å²) in [7, 11) is 0. The van der Waals surface area contributed by atoms with Crippen LogP contribution in [0.25, 0.3) is 0 Å². The van der Waals surface area contributed by atoms with Crippen LogP contribution in [0, 0.1) is 10.1 Å². The molecule has 2 N–H and O–H groups in total. The molecule has 0 aromatic heterocycles. The second-order valence-corrected chi connectivity index (χ2v) is 5.78. The van der Waals surface area contributed by atoms with Gasteiger partial charge in [-0.1, -0.05) is 11.6 Å². The van der Waals surface area contributed by atoms with Crippen molar-refractivity contribution in [1.82, 2.24) is 4.90 Å². The van der Waals surface area contributed by atoms with E-state index in [1.807, 2.05) is 6.92 Å². The predicted molar refractivity (Wildman–Crippen MR) is 80.4 cm³/mol. The highest BCUT2D eigenvalue weighted by atomic mass is 35.5. The number of nitrogens with zero attached hydrogens (tertiary/aromatic N) is 2. The third kappa shape index (κ3) is 3.33. The molecule has 6 nitrogen and oxygen atoms in total. The number of nitrogens with two attached hydrogens (primary N) is 1. The molecular formula is C14H18ClN3O3. The lowest BCUT2D eigenvalue weighted by atomic mass is 9.96. The van der Waals surface area contributed by atoms with Crippen LogP contribution in [0.3, 0.4) is 0 Å². The molecule has 0 saturated carbocycles. The maximum absolute atomic E-state index is 12.7. The molecule has 1 aliphatic rings. The minimum atomic E-state index is -0.561. The fraction of sp³-hybridized carbons (Fsp3) is 0.500. The molecule has 1 fully saturated rings. The lowest BCUT2D eigenvalue weighted by Gasteiger charge is -2.38. The van der Waals surface area contributed by atoms with Crippen molar-refractivity contribution >= 4 is 23.2 Å². The van der Waals surface area contributed by atoms with E-state index < -0.39 is 4.92 Å². The van der Waals surface area contributed by atoms with Gasteiger partial charge in [-0.3, -0.25) is 14.9 Å². The number of nitro groups is 1. The van der Waals surface area contributed by atoms with E-state index in [-0.39, 0.29) is 29.2 Å². The van der Waals surface area contributed by atoms with Crippen LogP contribution in [-0.2, 0) is 0 Å². The van der Waals surface area contributed by atoms with Gasteiger partial charge < -0.3 is 10.6 Å². The highest BCUT2D eigenvalue weighted by molar-refractivity contribution is 6.31. The van der Waals surface area contributed by atoms with Crippen LogP contribution >= 0.6 is 11.6 Å². The van der Waals surface area contributed by atoms with E-state index in [0.717, 1.165) is 19.3 Å². The third-order valence-electron chi connectivity index (χ3n) is 3.80. The summed E-state index contributed by atoms with van der Waals surface area (Å²) < 4.78 is 0. The summed E-state index contributed by atoms with van der Waals surface area (Å²) in [6, 6.07) is 3.77. The minimum absolute atomic E-state index is 0.0278. The summed E-state index contributed by atoms with van der Waals surface area (Å²) in [5.74, 6) is -0.369. The Morgan fingerprint density at radius 2 is 2.24 bits per heavy atom. The van der Waals surface area contributed by atoms with E-state index in [2.05, 4.69) is 0 Å². The third-order valence-corrected chi connectivity index (χ3v) is 4.04. The standard InChI is InChI=1S/C14H18ClN3O3/c1-9(16)12-4-2-3-7-17(12)14(19)11-8-10(15)5-6-13(11)18(20)21/h5-6,8-9,12H,2-4,7,16H2,1H3. The number of carbonyl (C=O) groups excluding carboxylic acids is 1. The van der Waals surface area contributed by atoms with Crippen LogP contribution in [0.1, 0.15) is 36.5 Å². The number of carbonyl (C=O) groups is 1. The van der Waals surface area contributed by atoms with Gasteiger partial charge in [-0.15, -0.1) is 0 Å². The number of piperidine rings is 1. The Morgan fingerprint density at radius 1 is 1.52 bits per heavy atom. The van der Waals surface area contributed by atoms with Crippen LogP contribution in [0.15, 0.2) is 18.2 Å². The first-order valence-corrected chi connectivity index (χ1v) is 7.30. The van der Waals surface area contributed by atoms with Crippen molar-refractivity contribution in [3.8, 4) is 0 Å². The smallest absolute Gasteiger partial charge is 0.282 e. The molecule has 0 spiro atoms. The second kappa shape index (κ2) is 6.41. The van der Waals surface area contributed by atoms with Crippen molar-refractivity contribution in [3.05, 3.63) is 38.9 Å². The monoisotopic (exact) mass is 311 g/mol. The van der Waals surface area contributed by atoms with Gasteiger partial charge in [0.2, 0.25) is 0 Å². The molecule has 114 valence electrons. The van der Waals surface area contributed by atoms with Crippen molar-refractivity contribution in [2.75, 3.05) is 6.54 Å². The maximum Gasteiger partial charge on any atom is 0.282 e. The fourth-order valence-electron chi connectivity index (χ4n) is 2.75. The zero-order valence-electron chi connectivity index (χ0n) is 11.8. The van der Waals surface area contributed by atoms with Crippen molar-refractivity contribution in [2.45, 2.75) is 38.3 Å². The SMILES string of the molecule is CC(N)C1CCCCN1C(=O)c1cc(Cl)ccc1[N+](=O)[O-]. The van der Waals surface area contributed by atoms with Crippen LogP contribution in [0.5, 0.6) is 0 Å². The van der Waals surface area contributed by atoms with Crippen molar-refractivity contribution in [1.29, 1.82) is 0 Å². The first-order chi connectivity index (χ1) is 9.91. The lowest BCUT2D eigenvalue weighted by Crippen LogP contribution is -2.51. The number of likely N-dealkylation sites (tertiary alicyclic amines) is 1. The Hall–Kier alpha value is -1.66. The highest BCUT2D eigenvalue weighted by Gasteiger charge is 2.33. The summed E-state index contributed by atoms with van der Waals surface area (Å²) in [6.45, 7) is 2.41. The molecule has 0 aliphatic carbocycles. The molecule has 7 heteroatoms. The predicted octanol–water partition coefficient (Wildman–Crippen LogP) is 2.59. The van der Waals surface area contributed by atoms with E-state index in [9.17, 15) is 14.9 Å². The Balaban J connectivity index is 2.38. The molecule has 1 aliphatic heterocycles. The second-order valence-electron chi connectivity index (χ2n) is 5.34. The average Bonchev–Trinajstić information content (AvgIpc) is 2.46. The number of nitro benzene ring substituents is 1. The van der Waals surface area contributed by atoms with Gasteiger partial charge in [0, 0.05) is 29.7 Å². The van der Waals surface area contributed by atoms with Gasteiger partial charge in [0.25, 0.3) is 11.6 Å². The summed E-state index contributed by atoms with van der Waals surface area (Å²) in [5.41, 5.74) is 5.75. The minimum Gasteiger partial charge on any atom is -0.334 e. The molecule has 0 bridgehead atoms. The summed E-state index contributed by atoms with van der Waals surface area (Å²) >= 11 is 5.89. The average molecular weight is 312 g/mol. The van der Waals surface area contributed by atoms with Gasteiger partial charge in [-0.25, -0.2) is 0 Å². The van der Waals surface area contributed by atoms with Gasteiger partial charge in [0.15, 0.2) is 0 Å². The van der Waals surface area contributed by atoms with Gasteiger partial charge in [0.05, 0.1) is 4.92 Å².